The van der Waals surface area contributed by atoms with Crippen LogP contribution in [0, 0.1) is 11.6 Å². The number of fused-ring (bicyclic) bond motifs is 1. The molecule has 2 atom stereocenters. The third-order valence-electron chi connectivity index (χ3n) is 4.64. The average molecular weight is 388 g/mol. The number of rotatable bonds is 4. The van der Waals surface area contributed by atoms with Crippen LogP contribution in [0.2, 0.25) is 0 Å². The van der Waals surface area contributed by atoms with E-state index in [0.717, 1.165) is 18.2 Å². The molecule has 146 valence electrons. The Bertz CT molecular complexity index is 954. The summed E-state index contributed by atoms with van der Waals surface area (Å²) < 4.78 is 37.6. The summed E-state index contributed by atoms with van der Waals surface area (Å²) in [6.07, 6.45) is -1.32. The van der Waals surface area contributed by atoms with Crippen molar-refractivity contribution in [3.8, 4) is 5.75 Å². The molecule has 1 saturated heterocycles. The molecule has 2 aromatic carbocycles. The predicted octanol–water partition coefficient (Wildman–Crippen LogP) is 2.69. The van der Waals surface area contributed by atoms with Crippen LogP contribution in [0.4, 0.5) is 8.78 Å². The Kier molecular flexibility index (Phi) is 4.95. The van der Waals surface area contributed by atoms with Crippen molar-refractivity contribution < 1.29 is 27.8 Å². The van der Waals surface area contributed by atoms with E-state index >= 15 is 0 Å². The Hall–Kier alpha value is -3.00. The van der Waals surface area contributed by atoms with E-state index in [-0.39, 0.29) is 24.6 Å². The highest BCUT2D eigenvalue weighted by atomic mass is 19.1. The Morgan fingerprint density at radius 1 is 1.25 bits per heavy atom. The van der Waals surface area contributed by atoms with Gasteiger partial charge in [-0.25, -0.2) is 13.8 Å². The van der Waals surface area contributed by atoms with Crippen molar-refractivity contribution in [3.05, 3.63) is 60.0 Å². The number of ether oxygens (including phenoxy) is 1. The number of halogens is 2. The summed E-state index contributed by atoms with van der Waals surface area (Å²) in [5.41, 5.74) is 1.29. The number of para-hydroxylation sites is 2. The maximum absolute atomic E-state index is 13.3. The van der Waals surface area contributed by atoms with Gasteiger partial charge in [-0.1, -0.05) is 12.1 Å². The number of carbonyl (C=O) groups is 1. The van der Waals surface area contributed by atoms with Gasteiger partial charge in [0.2, 0.25) is 11.8 Å². The minimum atomic E-state index is -0.979. The lowest BCUT2D eigenvalue weighted by molar-refractivity contribution is -0.136. The first-order valence-electron chi connectivity index (χ1n) is 8.91. The molecule has 8 heteroatoms. The number of aliphatic hydroxyl groups excluding tert-OH is 1. The Labute approximate surface area is 159 Å². The normalized spacial score (nSPS) is 19.8. The van der Waals surface area contributed by atoms with Crippen molar-refractivity contribution in [1.29, 1.82) is 0 Å². The van der Waals surface area contributed by atoms with Crippen LogP contribution >= 0.6 is 0 Å². The minimum absolute atomic E-state index is 0.00722. The lowest BCUT2D eigenvalue weighted by Crippen LogP contribution is -2.51. The van der Waals surface area contributed by atoms with E-state index < -0.39 is 23.8 Å². The van der Waals surface area contributed by atoms with Gasteiger partial charge in [0, 0.05) is 31.2 Å². The minimum Gasteiger partial charge on any atom is -0.487 e. The molecular weight excluding hydrogens is 370 g/mol. The lowest BCUT2D eigenvalue weighted by atomic mass is 10.0. The maximum Gasteiger partial charge on any atom is 0.232 e. The fourth-order valence-electron chi connectivity index (χ4n) is 3.28. The average Bonchev–Trinajstić information content (AvgIpc) is 3.04. The number of hydrogen-bond donors (Lipinski definition) is 1. The number of piperidine rings is 1. The molecule has 0 aliphatic carbocycles. The highest BCUT2D eigenvalue weighted by Crippen LogP contribution is 2.22. The van der Waals surface area contributed by atoms with Crippen molar-refractivity contribution >= 4 is 17.0 Å². The van der Waals surface area contributed by atoms with Crippen molar-refractivity contribution in [2.45, 2.75) is 25.0 Å². The van der Waals surface area contributed by atoms with Gasteiger partial charge in [0.15, 0.2) is 5.58 Å². The van der Waals surface area contributed by atoms with E-state index in [9.17, 15) is 18.7 Å². The molecule has 1 fully saturated rings. The summed E-state index contributed by atoms with van der Waals surface area (Å²) >= 11 is 0. The lowest BCUT2D eigenvalue weighted by Gasteiger charge is -2.35. The second-order valence-corrected chi connectivity index (χ2v) is 6.71. The van der Waals surface area contributed by atoms with Crippen LogP contribution in [0.1, 0.15) is 12.3 Å². The van der Waals surface area contributed by atoms with Crippen LogP contribution < -0.4 is 4.74 Å². The van der Waals surface area contributed by atoms with E-state index in [1.807, 2.05) is 12.1 Å². The summed E-state index contributed by atoms with van der Waals surface area (Å²) in [5, 5.41) is 10.3. The number of likely N-dealkylation sites (tertiary alicyclic amines) is 1. The number of aliphatic hydroxyl groups is 1. The fraction of sp³-hybridized carbons (Fsp3) is 0.300. The molecule has 1 N–H and O–H groups in total. The molecule has 3 aromatic rings. The van der Waals surface area contributed by atoms with Gasteiger partial charge >= 0.3 is 0 Å². The zero-order valence-corrected chi connectivity index (χ0v) is 14.8. The van der Waals surface area contributed by atoms with Crippen LogP contribution in [0.3, 0.4) is 0 Å². The van der Waals surface area contributed by atoms with Gasteiger partial charge in [-0.3, -0.25) is 4.79 Å². The second-order valence-electron chi connectivity index (χ2n) is 6.71. The number of amides is 1. The molecule has 0 bridgehead atoms. The van der Waals surface area contributed by atoms with E-state index in [1.165, 1.54) is 4.90 Å². The molecule has 28 heavy (non-hydrogen) atoms. The summed E-state index contributed by atoms with van der Waals surface area (Å²) in [4.78, 5) is 18.3. The van der Waals surface area contributed by atoms with Gasteiger partial charge in [-0.15, -0.1) is 0 Å². The molecule has 0 unspecified atom stereocenters. The molecule has 0 saturated carbocycles. The Balaban J connectivity index is 1.37. The molecule has 1 aliphatic rings. The highest BCUT2D eigenvalue weighted by Gasteiger charge is 2.32. The molecule has 1 aliphatic heterocycles. The molecular formula is C20H18F2N2O4. The molecule has 1 amide bonds. The van der Waals surface area contributed by atoms with E-state index in [1.54, 1.807) is 12.1 Å². The first kappa shape index (κ1) is 18.4. The van der Waals surface area contributed by atoms with Gasteiger partial charge in [-0.05, 0) is 12.1 Å². The van der Waals surface area contributed by atoms with Gasteiger partial charge < -0.3 is 19.2 Å². The van der Waals surface area contributed by atoms with E-state index in [2.05, 4.69) is 4.98 Å². The number of nitrogens with zero attached hydrogens (tertiary/aromatic N) is 2. The summed E-state index contributed by atoms with van der Waals surface area (Å²) in [6.45, 7) is 0.403. The number of aromatic nitrogens is 1. The number of hydrogen-bond acceptors (Lipinski definition) is 5. The Morgan fingerprint density at radius 3 is 2.71 bits per heavy atom. The standard InChI is InChI=1S/C20H18F2N2O4/c21-12-7-13(22)9-14(8-12)27-18-5-6-24(11-16(18)25)20(26)10-19-23-15-3-1-2-4-17(15)28-19/h1-4,7-9,16,18,25H,5-6,10-11H2/t16-,18-/m1/s1. The number of oxazole rings is 1. The van der Waals surface area contributed by atoms with Crippen LogP contribution in [0.15, 0.2) is 46.9 Å². The van der Waals surface area contributed by atoms with Crippen molar-refractivity contribution in [2.75, 3.05) is 13.1 Å². The molecule has 4 rings (SSSR count). The first-order valence-corrected chi connectivity index (χ1v) is 8.91. The van der Waals surface area contributed by atoms with Crippen molar-refractivity contribution in [3.63, 3.8) is 0 Å². The first-order chi connectivity index (χ1) is 13.5. The van der Waals surface area contributed by atoms with Crippen molar-refractivity contribution in [2.24, 2.45) is 0 Å². The smallest absolute Gasteiger partial charge is 0.232 e. The molecule has 0 radical (unpaired) electrons. The van der Waals surface area contributed by atoms with Gasteiger partial charge in [0.25, 0.3) is 0 Å². The van der Waals surface area contributed by atoms with E-state index in [0.29, 0.717) is 30.0 Å². The molecule has 0 spiro atoms. The zero-order chi connectivity index (χ0) is 19.7. The number of carbonyl (C=O) groups excluding carboxylic acids is 1. The zero-order valence-electron chi connectivity index (χ0n) is 14.8. The van der Waals surface area contributed by atoms with Crippen LogP contribution in [0.25, 0.3) is 11.1 Å². The summed E-state index contributed by atoms with van der Waals surface area (Å²) in [6, 6.07) is 10.1. The monoisotopic (exact) mass is 388 g/mol. The SMILES string of the molecule is O=C(Cc1nc2ccccc2o1)N1CC[C@@H](Oc2cc(F)cc(F)c2)[C@H](O)C1. The third-order valence-corrected chi connectivity index (χ3v) is 4.64. The van der Waals surface area contributed by atoms with Crippen molar-refractivity contribution in [1.82, 2.24) is 9.88 Å². The molecule has 1 aromatic heterocycles. The summed E-state index contributed by atoms with van der Waals surface area (Å²) in [7, 11) is 0. The van der Waals surface area contributed by atoms with Crippen LogP contribution in [-0.4, -0.2) is 46.2 Å². The third kappa shape index (κ3) is 3.96. The second kappa shape index (κ2) is 7.55. The van der Waals surface area contributed by atoms with Gasteiger partial charge in [0.05, 0.1) is 6.54 Å². The number of β-amino-alcohol motifs (C(OH)–C–C–N with tert-alkyl or cyclic N) is 1. The molecule has 2 heterocycles. The van der Waals surface area contributed by atoms with Gasteiger partial charge in [-0.2, -0.15) is 0 Å². The Morgan fingerprint density at radius 2 is 2.00 bits per heavy atom. The highest BCUT2D eigenvalue weighted by molar-refractivity contribution is 5.79. The van der Waals surface area contributed by atoms with Crippen LogP contribution in [-0.2, 0) is 11.2 Å². The topological polar surface area (TPSA) is 75.8 Å². The summed E-state index contributed by atoms with van der Waals surface area (Å²) in [5.74, 6) is -1.41. The largest absolute Gasteiger partial charge is 0.487 e. The van der Waals surface area contributed by atoms with Gasteiger partial charge in [0.1, 0.15) is 41.5 Å². The van der Waals surface area contributed by atoms with E-state index in [4.69, 9.17) is 9.15 Å². The quantitative estimate of drug-likeness (QED) is 0.744. The van der Waals surface area contributed by atoms with Crippen LogP contribution in [0.5, 0.6) is 5.75 Å². The maximum atomic E-state index is 13.3. The number of benzene rings is 2. The fourth-order valence-corrected chi connectivity index (χ4v) is 3.28. The predicted molar refractivity (Wildman–Crippen MR) is 95.7 cm³/mol. The molecule has 6 nitrogen and oxygen atoms in total.